The lowest BCUT2D eigenvalue weighted by atomic mass is 10.1. The fourth-order valence-electron chi connectivity index (χ4n) is 2.50. The minimum Gasteiger partial charge on any atom is -0.494 e. The summed E-state index contributed by atoms with van der Waals surface area (Å²) in [7, 11) is -1.06. The van der Waals surface area contributed by atoms with Gasteiger partial charge in [0.05, 0.1) is 24.6 Å². The monoisotopic (exact) mass is 394 g/mol. The maximum Gasteiger partial charge on any atom is 0.243 e. The van der Waals surface area contributed by atoms with Crippen molar-refractivity contribution in [2.75, 3.05) is 20.7 Å². The van der Waals surface area contributed by atoms with Crippen molar-refractivity contribution in [1.29, 1.82) is 0 Å². The molecule has 0 radical (unpaired) electrons. The van der Waals surface area contributed by atoms with Crippen LogP contribution in [-0.4, -0.2) is 39.3 Å². The standard InChI is InChI=1S/C19H23FN2O4S/c1-13-5-8-16(9-6-13)27(24,25)22(3)12-19(23)21-14(2)15-7-10-18(26-4)17(20)11-15/h5-11,14H,12H2,1-4H3,(H,21,23)/t14-/m1/s1. The number of halogens is 1. The normalized spacial score (nSPS) is 12.7. The second-order valence-electron chi connectivity index (χ2n) is 6.26. The number of ether oxygens (including phenoxy) is 1. The largest absolute Gasteiger partial charge is 0.494 e. The van der Waals surface area contributed by atoms with Gasteiger partial charge in [0.25, 0.3) is 0 Å². The Balaban J connectivity index is 2.03. The van der Waals surface area contributed by atoms with Gasteiger partial charge in [0, 0.05) is 7.05 Å². The average molecular weight is 394 g/mol. The Hall–Kier alpha value is -2.45. The third-order valence-electron chi connectivity index (χ3n) is 4.15. The molecule has 6 nitrogen and oxygen atoms in total. The molecular formula is C19H23FN2O4S. The Morgan fingerprint density at radius 3 is 2.41 bits per heavy atom. The highest BCUT2D eigenvalue weighted by atomic mass is 32.2. The van der Waals surface area contributed by atoms with Gasteiger partial charge in [-0.1, -0.05) is 23.8 Å². The second-order valence-corrected chi connectivity index (χ2v) is 8.30. The first-order chi connectivity index (χ1) is 12.6. The Kier molecular flexibility index (Phi) is 6.56. The molecule has 0 saturated heterocycles. The van der Waals surface area contributed by atoms with E-state index in [1.54, 1.807) is 25.1 Å². The third-order valence-corrected chi connectivity index (χ3v) is 5.97. The molecule has 0 aliphatic rings. The van der Waals surface area contributed by atoms with Crippen LogP contribution in [0.4, 0.5) is 4.39 Å². The van der Waals surface area contributed by atoms with Crippen molar-refractivity contribution in [1.82, 2.24) is 9.62 Å². The molecule has 2 aromatic carbocycles. The predicted octanol–water partition coefficient (Wildman–Crippen LogP) is 2.64. The summed E-state index contributed by atoms with van der Waals surface area (Å²) in [6, 6.07) is 10.3. The van der Waals surface area contributed by atoms with E-state index in [1.165, 1.54) is 38.4 Å². The lowest BCUT2D eigenvalue weighted by Crippen LogP contribution is -2.39. The topological polar surface area (TPSA) is 75.7 Å². The van der Waals surface area contributed by atoms with Gasteiger partial charge >= 0.3 is 0 Å². The van der Waals surface area contributed by atoms with Crippen LogP contribution in [-0.2, 0) is 14.8 Å². The predicted molar refractivity (Wildman–Crippen MR) is 101 cm³/mol. The number of likely N-dealkylation sites (N-methyl/N-ethyl adjacent to an activating group) is 1. The molecule has 1 amide bonds. The Morgan fingerprint density at radius 1 is 1.22 bits per heavy atom. The maximum absolute atomic E-state index is 13.8. The van der Waals surface area contributed by atoms with Crippen molar-refractivity contribution in [3.63, 3.8) is 0 Å². The third kappa shape index (κ3) is 5.05. The number of hydrogen-bond acceptors (Lipinski definition) is 4. The zero-order chi connectivity index (χ0) is 20.2. The highest BCUT2D eigenvalue weighted by Crippen LogP contribution is 2.22. The molecule has 1 atom stereocenters. The molecule has 0 aliphatic heterocycles. The number of carbonyl (C=O) groups excluding carboxylic acids is 1. The molecule has 0 unspecified atom stereocenters. The molecule has 0 bridgehead atoms. The summed E-state index contributed by atoms with van der Waals surface area (Å²) >= 11 is 0. The van der Waals surface area contributed by atoms with E-state index in [0.717, 1.165) is 9.87 Å². The van der Waals surface area contributed by atoms with Crippen molar-refractivity contribution in [3.05, 3.63) is 59.4 Å². The van der Waals surface area contributed by atoms with Gasteiger partial charge in [-0.3, -0.25) is 4.79 Å². The van der Waals surface area contributed by atoms with Crippen LogP contribution in [0.3, 0.4) is 0 Å². The highest BCUT2D eigenvalue weighted by molar-refractivity contribution is 7.89. The van der Waals surface area contributed by atoms with Gasteiger partial charge in [0.2, 0.25) is 15.9 Å². The zero-order valence-corrected chi connectivity index (χ0v) is 16.5. The second kappa shape index (κ2) is 8.49. The van der Waals surface area contributed by atoms with Gasteiger partial charge in [-0.25, -0.2) is 12.8 Å². The van der Waals surface area contributed by atoms with Crippen molar-refractivity contribution >= 4 is 15.9 Å². The first-order valence-electron chi connectivity index (χ1n) is 8.31. The summed E-state index contributed by atoms with van der Waals surface area (Å²) < 4.78 is 44.7. The summed E-state index contributed by atoms with van der Waals surface area (Å²) in [5.41, 5.74) is 1.49. The number of carbonyl (C=O) groups is 1. The minimum atomic E-state index is -3.77. The molecule has 2 rings (SSSR count). The number of aryl methyl sites for hydroxylation is 1. The van der Waals surface area contributed by atoms with Crippen LogP contribution in [0.25, 0.3) is 0 Å². The first-order valence-corrected chi connectivity index (χ1v) is 9.75. The van der Waals surface area contributed by atoms with Crippen LogP contribution in [0.2, 0.25) is 0 Å². The summed E-state index contributed by atoms with van der Waals surface area (Å²) in [6.45, 7) is 3.20. The zero-order valence-electron chi connectivity index (χ0n) is 15.7. The van der Waals surface area contributed by atoms with Crippen LogP contribution >= 0.6 is 0 Å². The molecule has 27 heavy (non-hydrogen) atoms. The van der Waals surface area contributed by atoms with Crippen molar-refractivity contribution in [3.8, 4) is 5.75 Å². The number of methoxy groups -OCH3 is 1. The average Bonchev–Trinajstić information content (AvgIpc) is 2.61. The van der Waals surface area contributed by atoms with Crippen molar-refractivity contribution < 1.29 is 22.3 Å². The number of hydrogen-bond donors (Lipinski definition) is 1. The van der Waals surface area contributed by atoms with Crippen molar-refractivity contribution in [2.24, 2.45) is 0 Å². The molecule has 0 fully saturated rings. The fraction of sp³-hybridized carbons (Fsp3) is 0.316. The van der Waals surface area contributed by atoms with Gasteiger partial charge in [0.15, 0.2) is 11.6 Å². The summed E-state index contributed by atoms with van der Waals surface area (Å²) in [6.07, 6.45) is 0. The lowest BCUT2D eigenvalue weighted by molar-refractivity contribution is -0.121. The van der Waals surface area contributed by atoms with Crippen LogP contribution < -0.4 is 10.1 Å². The number of amides is 1. The van der Waals surface area contributed by atoms with Gasteiger partial charge in [-0.2, -0.15) is 4.31 Å². The van der Waals surface area contributed by atoms with E-state index < -0.39 is 27.8 Å². The Labute approximate surface area is 159 Å². The first kappa shape index (κ1) is 20.9. The number of rotatable bonds is 7. The molecule has 2 aromatic rings. The van der Waals surface area contributed by atoms with Gasteiger partial charge in [-0.15, -0.1) is 0 Å². The van der Waals surface area contributed by atoms with Crippen LogP contribution in [0.5, 0.6) is 5.75 Å². The van der Waals surface area contributed by atoms with Gasteiger partial charge < -0.3 is 10.1 Å². The number of nitrogens with zero attached hydrogens (tertiary/aromatic N) is 1. The molecule has 1 N–H and O–H groups in total. The minimum absolute atomic E-state index is 0.112. The maximum atomic E-state index is 13.8. The van der Waals surface area contributed by atoms with E-state index in [9.17, 15) is 17.6 Å². The number of sulfonamides is 1. The molecule has 146 valence electrons. The smallest absolute Gasteiger partial charge is 0.243 e. The SMILES string of the molecule is COc1ccc([C@@H](C)NC(=O)CN(C)S(=O)(=O)c2ccc(C)cc2)cc1F. The summed E-state index contributed by atoms with van der Waals surface area (Å²) in [5, 5.41) is 2.67. The summed E-state index contributed by atoms with van der Waals surface area (Å²) in [4.78, 5) is 12.4. The molecule has 0 aromatic heterocycles. The van der Waals surface area contributed by atoms with E-state index in [0.29, 0.717) is 5.56 Å². The molecular weight excluding hydrogens is 371 g/mol. The van der Waals surface area contributed by atoms with Crippen LogP contribution in [0, 0.1) is 12.7 Å². The van der Waals surface area contributed by atoms with Crippen LogP contribution in [0.15, 0.2) is 47.4 Å². The van der Waals surface area contributed by atoms with E-state index in [2.05, 4.69) is 5.32 Å². The van der Waals surface area contributed by atoms with Crippen LogP contribution in [0.1, 0.15) is 24.1 Å². The fourth-order valence-corrected chi connectivity index (χ4v) is 3.63. The Morgan fingerprint density at radius 2 is 1.85 bits per heavy atom. The van der Waals surface area contributed by atoms with Crippen molar-refractivity contribution in [2.45, 2.75) is 24.8 Å². The summed E-state index contributed by atoms with van der Waals surface area (Å²) in [5.74, 6) is -0.909. The van der Waals surface area contributed by atoms with E-state index >= 15 is 0 Å². The Bertz CT molecular complexity index is 914. The molecule has 8 heteroatoms. The molecule has 0 saturated carbocycles. The van der Waals surface area contributed by atoms with Gasteiger partial charge in [0.1, 0.15) is 0 Å². The van der Waals surface area contributed by atoms with E-state index in [1.807, 2.05) is 6.92 Å². The molecule has 0 aliphatic carbocycles. The van der Waals surface area contributed by atoms with E-state index in [4.69, 9.17) is 4.74 Å². The van der Waals surface area contributed by atoms with E-state index in [-0.39, 0.29) is 17.2 Å². The highest BCUT2D eigenvalue weighted by Gasteiger charge is 2.23. The van der Waals surface area contributed by atoms with Gasteiger partial charge in [-0.05, 0) is 43.7 Å². The molecule has 0 heterocycles. The quantitative estimate of drug-likeness (QED) is 0.783. The number of nitrogens with one attached hydrogen (secondary N) is 1. The lowest BCUT2D eigenvalue weighted by Gasteiger charge is -2.20. The molecule has 0 spiro atoms. The number of benzene rings is 2.